The second-order valence-corrected chi connectivity index (χ2v) is 5.57. The molecule has 0 radical (unpaired) electrons. The van der Waals surface area contributed by atoms with Gasteiger partial charge in [0.25, 0.3) is 0 Å². The first-order valence-corrected chi connectivity index (χ1v) is 7.78. The van der Waals surface area contributed by atoms with Gasteiger partial charge in [-0.1, -0.05) is 19.8 Å². The zero-order chi connectivity index (χ0) is 13.9. The molecule has 120 valence electrons. The molecule has 0 heterocycles. The number of aliphatic imine (C=N–C) groups is 1. The number of nitrogens with one attached hydrogen (secondary N) is 2. The normalized spacial score (nSPS) is 23.1. The van der Waals surface area contributed by atoms with Gasteiger partial charge in [-0.25, -0.2) is 0 Å². The number of hydrogen-bond acceptors (Lipinski definition) is 2. The van der Waals surface area contributed by atoms with Crippen molar-refractivity contribution in [1.29, 1.82) is 0 Å². The summed E-state index contributed by atoms with van der Waals surface area (Å²) in [5, 5.41) is 6.79. The number of ether oxygens (including phenoxy) is 1. The fourth-order valence-corrected chi connectivity index (χ4v) is 2.73. The Morgan fingerprint density at radius 3 is 2.75 bits per heavy atom. The highest BCUT2D eigenvalue weighted by Gasteiger charge is 2.18. The first-order chi connectivity index (χ1) is 9.26. The molecule has 0 aliphatic heterocycles. The van der Waals surface area contributed by atoms with Crippen molar-refractivity contribution in [2.75, 3.05) is 33.4 Å². The summed E-state index contributed by atoms with van der Waals surface area (Å²) in [6.07, 6.45) is 6.52. The lowest BCUT2D eigenvalue weighted by Crippen LogP contribution is -2.41. The van der Waals surface area contributed by atoms with Crippen LogP contribution in [0.4, 0.5) is 0 Å². The van der Waals surface area contributed by atoms with E-state index in [1.807, 2.05) is 14.0 Å². The van der Waals surface area contributed by atoms with E-state index in [2.05, 4.69) is 22.5 Å². The van der Waals surface area contributed by atoms with Crippen LogP contribution < -0.4 is 10.6 Å². The van der Waals surface area contributed by atoms with Gasteiger partial charge in [-0.2, -0.15) is 0 Å². The van der Waals surface area contributed by atoms with Crippen LogP contribution in [0.1, 0.15) is 46.0 Å². The molecule has 0 amide bonds. The number of rotatable bonds is 7. The van der Waals surface area contributed by atoms with Crippen molar-refractivity contribution in [3.8, 4) is 0 Å². The Kier molecular flexibility index (Phi) is 12.7. The van der Waals surface area contributed by atoms with Gasteiger partial charge in [0.15, 0.2) is 5.96 Å². The molecule has 5 heteroatoms. The van der Waals surface area contributed by atoms with Gasteiger partial charge in [0.1, 0.15) is 0 Å². The SMILES string of the molecule is CCOCCCNC(=NC)NCC1CCCC(C)C1.I. The molecule has 2 atom stereocenters. The van der Waals surface area contributed by atoms with Gasteiger partial charge in [0.05, 0.1) is 0 Å². The number of guanidine groups is 1. The van der Waals surface area contributed by atoms with Crippen molar-refractivity contribution >= 4 is 29.9 Å². The van der Waals surface area contributed by atoms with E-state index in [4.69, 9.17) is 4.74 Å². The lowest BCUT2D eigenvalue weighted by atomic mass is 9.82. The van der Waals surface area contributed by atoms with Crippen molar-refractivity contribution < 1.29 is 4.74 Å². The van der Waals surface area contributed by atoms with E-state index in [0.29, 0.717) is 0 Å². The topological polar surface area (TPSA) is 45.6 Å². The third-order valence-electron chi connectivity index (χ3n) is 3.79. The van der Waals surface area contributed by atoms with Crippen molar-refractivity contribution in [2.45, 2.75) is 46.0 Å². The fourth-order valence-electron chi connectivity index (χ4n) is 2.73. The number of halogens is 1. The largest absolute Gasteiger partial charge is 0.382 e. The molecule has 2 unspecified atom stereocenters. The Balaban J connectivity index is 0.00000361. The Hall–Kier alpha value is -0.0400. The molecule has 0 aromatic rings. The monoisotopic (exact) mass is 397 g/mol. The minimum atomic E-state index is 0. The van der Waals surface area contributed by atoms with Crippen LogP contribution >= 0.6 is 24.0 Å². The van der Waals surface area contributed by atoms with Crippen molar-refractivity contribution in [3.63, 3.8) is 0 Å². The average Bonchev–Trinajstić information content (AvgIpc) is 2.42. The smallest absolute Gasteiger partial charge is 0.190 e. The van der Waals surface area contributed by atoms with E-state index in [1.54, 1.807) is 0 Å². The summed E-state index contributed by atoms with van der Waals surface area (Å²) in [5.41, 5.74) is 0. The summed E-state index contributed by atoms with van der Waals surface area (Å²) in [5.74, 6) is 2.63. The van der Waals surface area contributed by atoms with Crippen LogP contribution in [0.5, 0.6) is 0 Å². The summed E-state index contributed by atoms with van der Waals surface area (Å²) in [6, 6.07) is 0. The standard InChI is InChI=1S/C15H31N3O.HI/c1-4-19-10-6-9-17-15(16-3)18-12-14-8-5-7-13(2)11-14;/h13-14H,4-12H2,1-3H3,(H2,16,17,18);1H. The highest BCUT2D eigenvalue weighted by Crippen LogP contribution is 2.27. The maximum Gasteiger partial charge on any atom is 0.190 e. The molecule has 1 saturated carbocycles. The van der Waals surface area contributed by atoms with E-state index < -0.39 is 0 Å². The Morgan fingerprint density at radius 1 is 1.30 bits per heavy atom. The predicted octanol–water partition coefficient (Wildman–Crippen LogP) is 3.02. The maximum atomic E-state index is 5.32. The molecule has 20 heavy (non-hydrogen) atoms. The van der Waals surface area contributed by atoms with E-state index in [9.17, 15) is 0 Å². The Labute approximate surface area is 141 Å². The van der Waals surface area contributed by atoms with Crippen LogP contribution in [0.25, 0.3) is 0 Å². The second kappa shape index (κ2) is 12.7. The van der Waals surface area contributed by atoms with Crippen molar-refractivity contribution in [1.82, 2.24) is 10.6 Å². The summed E-state index contributed by atoms with van der Waals surface area (Å²) in [7, 11) is 1.83. The number of hydrogen-bond donors (Lipinski definition) is 2. The lowest BCUT2D eigenvalue weighted by molar-refractivity contribution is 0.145. The minimum Gasteiger partial charge on any atom is -0.382 e. The molecule has 0 saturated heterocycles. The molecule has 1 aliphatic rings. The Bertz CT molecular complexity index is 262. The molecule has 1 aliphatic carbocycles. The number of nitrogens with zero attached hydrogens (tertiary/aromatic N) is 1. The Morgan fingerprint density at radius 2 is 2.10 bits per heavy atom. The molecule has 1 rings (SSSR count). The molecule has 4 nitrogen and oxygen atoms in total. The van der Waals surface area contributed by atoms with Crippen LogP contribution in [-0.2, 0) is 4.74 Å². The maximum absolute atomic E-state index is 5.32. The molecule has 0 aromatic carbocycles. The molecular formula is C15H32IN3O. The summed E-state index contributed by atoms with van der Waals surface area (Å²) >= 11 is 0. The quantitative estimate of drug-likeness (QED) is 0.301. The molecule has 1 fully saturated rings. The van der Waals surface area contributed by atoms with Gasteiger partial charge < -0.3 is 15.4 Å². The third-order valence-corrected chi connectivity index (χ3v) is 3.79. The average molecular weight is 397 g/mol. The van der Waals surface area contributed by atoms with Gasteiger partial charge in [-0.15, -0.1) is 24.0 Å². The highest BCUT2D eigenvalue weighted by atomic mass is 127. The second-order valence-electron chi connectivity index (χ2n) is 5.57. The lowest BCUT2D eigenvalue weighted by Gasteiger charge is -2.27. The van der Waals surface area contributed by atoms with Gasteiger partial charge in [0.2, 0.25) is 0 Å². The minimum absolute atomic E-state index is 0. The van der Waals surface area contributed by atoms with E-state index in [0.717, 1.165) is 50.5 Å². The van der Waals surface area contributed by atoms with Crippen molar-refractivity contribution in [2.24, 2.45) is 16.8 Å². The highest BCUT2D eigenvalue weighted by molar-refractivity contribution is 14.0. The molecule has 0 aromatic heterocycles. The zero-order valence-corrected chi connectivity index (χ0v) is 15.6. The third kappa shape index (κ3) is 9.00. The van der Waals surface area contributed by atoms with Crippen molar-refractivity contribution in [3.05, 3.63) is 0 Å². The molecular weight excluding hydrogens is 365 g/mol. The summed E-state index contributed by atoms with van der Waals surface area (Å²) in [4.78, 5) is 4.26. The first-order valence-electron chi connectivity index (χ1n) is 7.78. The summed E-state index contributed by atoms with van der Waals surface area (Å²) < 4.78 is 5.32. The first kappa shape index (κ1) is 20.0. The van der Waals surface area contributed by atoms with E-state index >= 15 is 0 Å². The predicted molar refractivity (Wildman–Crippen MR) is 97.0 cm³/mol. The van der Waals surface area contributed by atoms with E-state index in [1.165, 1.54) is 25.7 Å². The molecule has 2 N–H and O–H groups in total. The molecule has 0 bridgehead atoms. The van der Waals surface area contributed by atoms with Gasteiger partial charge in [0, 0.05) is 33.4 Å². The van der Waals surface area contributed by atoms with Crippen LogP contribution in [0.2, 0.25) is 0 Å². The van der Waals surface area contributed by atoms with Gasteiger partial charge >= 0.3 is 0 Å². The zero-order valence-electron chi connectivity index (χ0n) is 13.3. The van der Waals surface area contributed by atoms with Gasteiger partial charge in [-0.3, -0.25) is 4.99 Å². The molecule has 0 spiro atoms. The van der Waals surface area contributed by atoms with Crippen LogP contribution in [0.3, 0.4) is 0 Å². The summed E-state index contributed by atoms with van der Waals surface area (Å²) in [6.45, 7) is 7.98. The van der Waals surface area contributed by atoms with Crippen LogP contribution in [-0.4, -0.2) is 39.3 Å². The van der Waals surface area contributed by atoms with E-state index in [-0.39, 0.29) is 24.0 Å². The van der Waals surface area contributed by atoms with Crippen LogP contribution in [0.15, 0.2) is 4.99 Å². The van der Waals surface area contributed by atoms with Gasteiger partial charge in [-0.05, 0) is 38.0 Å². The van der Waals surface area contributed by atoms with Crippen LogP contribution in [0, 0.1) is 11.8 Å². The fraction of sp³-hybridized carbons (Fsp3) is 0.933.